The highest BCUT2D eigenvalue weighted by molar-refractivity contribution is 5.72. The number of pyridine rings is 1. The van der Waals surface area contributed by atoms with Crippen LogP contribution >= 0.6 is 0 Å². The number of ether oxygens (including phenoxy) is 1. The highest BCUT2D eigenvalue weighted by Crippen LogP contribution is 2.32. The standard InChI is InChI=1S/C11H14F2N2O3/c1-2-18-9(17)3-7-6(4-14)10(11(12)13)8(16)5-15-7/h5,11,16H,2-4,14H2,1H3. The van der Waals surface area contributed by atoms with Crippen molar-refractivity contribution in [1.29, 1.82) is 0 Å². The van der Waals surface area contributed by atoms with Crippen LogP contribution in [0, 0.1) is 0 Å². The molecule has 0 saturated heterocycles. The Morgan fingerprint density at radius 1 is 1.61 bits per heavy atom. The molecule has 1 rings (SSSR count). The zero-order chi connectivity index (χ0) is 13.7. The molecular weight excluding hydrogens is 246 g/mol. The maximum Gasteiger partial charge on any atom is 0.311 e. The Hall–Kier alpha value is -1.76. The van der Waals surface area contributed by atoms with Gasteiger partial charge in [-0.3, -0.25) is 9.78 Å². The largest absolute Gasteiger partial charge is 0.506 e. The minimum atomic E-state index is -2.88. The molecular formula is C11H14F2N2O3. The van der Waals surface area contributed by atoms with Crippen LogP contribution in [0.5, 0.6) is 5.75 Å². The summed E-state index contributed by atoms with van der Waals surface area (Å²) in [5.41, 5.74) is 4.88. The molecule has 18 heavy (non-hydrogen) atoms. The highest BCUT2D eigenvalue weighted by Gasteiger charge is 2.22. The van der Waals surface area contributed by atoms with Crippen molar-refractivity contribution in [2.45, 2.75) is 26.3 Å². The van der Waals surface area contributed by atoms with E-state index in [4.69, 9.17) is 10.5 Å². The van der Waals surface area contributed by atoms with E-state index in [1.807, 2.05) is 0 Å². The summed E-state index contributed by atoms with van der Waals surface area (Å²) in [7, 11) is 0. The molecule has 0 amide bonds. The Balaban J connectivity index is 3.13. The lowest BCUT2D eigenvalue weighted by Gasteiger charge is -2.13. The summed E-state index contributed by atoms with van der Waals surface area (Å²) in [5, 5.41) is 9.34. The number of rotatable bonds is 5. The van der Waals surface area contributed by atoms with Gasteiger partial charge >= 0.3 is 5.97 Å². The van der Waals surface area contributed by atoms with E-state index in [-0.39, 0.29) is 30.8 Å². The molecule has 0 saturated carbocycles. The SMILES string of the molecule is CCOC(=O)Cc1ncc(O)c(C(F)F)c1CN. The summed E-state index contributed by atoms with van der Waals surface area (Å²) in [5.74, 6) is -1.20. The Bertz CT molecular complexity index is 439. The first-order valence-electron chi connectivity index (χ1n) is 5.34. The Labute approximate surface area is 103 Å². The number of hydrogen-bond acceptors (Lipinski definition) is 5. The van der Waals surface area contributed by atoms with Crippen LogP contribution in [0.4, 0.5) is 8.78 Å². The van der Waals surface area contributed by atoms with Gasteiger partial charge in [0.2, 0.25) is 0 Å². The van der Waals surface area contributed by atoms with Crippen LogP contribution < -0.4 is 5.73 Å². The normalized spacial score (nSPS) is 10.7. The van der Waals surface area contributed by atoms with Gasteiger partial charge in [0, 0.05) is 12.1 Å². The van der Waals surface area contributed by atoms with E-state index in [0.29, 0.717) is 0 Å². The second-order valence-corrected chi connectivity index (χ2v) is 3.47. The fraction of sp³-hybridized carbons (Fsp3) is 0.455. The lowest BCUT2D eigenvalue weighted by molar-refractivity contribution is -0.142. The fourth-order valence-corrected chi connectivity index (χ4v) is 1.57. The molecule has 0 aliphatic carbocycles. The maximum atomic E-state index is 12.8. The van der Waals surface area contributed by atoms with E-state index in [0.717, 1.165) is 6.20 Å². The first kappa shape index (κ1) is 14.3. The molecule has 0 radical (unpaired) electrons. The van der Waals surface area contributed by atoms with Crippen LogP contribution in [0.2, 0.25) is 0 Å². The molecule has 3 N–H and O–H groups in total. The molecule has 0 bridgehead atoms. The molecule has 100 valence electrons. The van der Waals surface area contributed by atoms with Gasteiger partial charge in [0.05, 0.1) is 30.5 Å². The van der Waals surface area contributed by atoms with Crippen LogP contribution in [0.25, 0.3) is 0 Å². The number of hydrogen-bond donors (Lipinski definition) is 2. The van der Waals surface area contributed by atoms with E-state index in [1.54, 1.807) is 6.92 Å². The Morgan fingerprint density at radius 3 is 2.78 bits per heavy atom. The van der Waals surface area contributed by atoms with Crippen LogP contribution in [0.1, 0.15) is 30.2 Å². The molecule has 7 heteroatoms. The summed E-state index contributed by atoms with van der Waals surface area (Å²) >= 11 is 0. The van der Waals surface area contributed by atoms with Gasteiger partial charge in [0.15, 0.2) is 0 Å². The molecule has 0 aliphatic heterocycles. The van der Waals surface area contributed by atoms with Crippen molar-refractivity contribution in [2.24, 2.45) is 5.73 Å². The maximum absolute atomic E-state index is 12.8. The monoisotopic (exact) mass is 260 g/mol. The number of aromatic hydroxyl groups is 1. The molecule has 0 atom stereocenters. The van der Waals surface area contributed by atoms with Gasteiger partial charge in [-0.2, -0.15) is 0 Å². The average molecular weight is 260 g/mol. The van der Waals surface area contributed by atoms with Crippen LogP contribution in [0.15, 0.2) is 6.20 Å². The summed E-state index contributed by atoms with van der Waals surface area (Å²) in [6, 6.07) is 0. The van der Waals surface area contributed by atoms with Crippen molar-refractivity contribution in [3.8, 4) is 5.75 Å². The second-order valence-electron chi connectivity index (χ2n) is 3.47. The summed E-state index contributed by atoms with van der Waals surface area (Å²) in [6.07, 6.45) is -2.25. The minimum Gasteiger partial charge on any atom is -0.506 e. The molecule has 5 nitrogen and oxygen atoms in total. The predicted molar refractivity (Wildman–Crippen MR) is 59.1 cm³/mol. The van der Waals surface area contributed by atoms with Crippen LogP contribution in [-0.2, 0) is 22.5 Å². The zero-order valence-electron chi connectivity index (χ0n) is 9.82. The molecule has 0 aromatic carbocycles. The molecule has 1 aromatic rings. The van der Waals surface area contributed by atoms with Gasteiger partial charge in [-0.15, -0.1) is 0 Å². The van der Waals surface area contributed by atoms with Gasteiger partial charge < -0.3 is 15.6 Å². The number of carbonyl (C=O) groups is 1. The second kappa shape index (κ2) is 6.25. The van der Waals surface area contributed by atoms with Crippen molar-refractivity contribution >= 4 is 5.97 Å². The van der Waals surface area contributed by atoms with E-state index in [1.165, 1.54) is 0 Å². The van der Waals surface area contributed by atoms with Crippen molar-refractivity contribution in [1.82, 2.24) is 4.98 Å². The summed E-state index contributed by atoms with van der Waals surface area (Å²) in [4.78, 5) is 15.0. The molecule has 1 aromatic heterocycles. The number of nitrogens with zero attached hydrogens (tertiary/aromatic N) is 1. The molecule has 1 heterocycles. The lowest BCUT2D eigenvalue weighted by Crippen LogP contribution is -2.14. The van der Waals surface area contributed by atoms with Gasteiger partial charge in [0.25, 0.3) is 6.43 Å². The fourth-order valence-electron chi connectivity index (χ4n) is 1.57. The zero-order valence-corrected chi connectivity index (χ0v) is 9.82. The minimum absolute atomic E-state index is 0.0157. The molecule has 0 spiro atoms. The first-order chi connectivity index (χ1) is 8.51. The van der Waals surface area contributed by atoms with Crippen molar-refractivity contribution < 1.29 is 23.4 Å². The third kappa shape index (κ3) is 3.13. The number of carbonyl (C=O) groups excluding carboxylic acids is 1. The molecule has 0 unspecified atom stereocenters. The Kier molecular flexibility index (Phi) is 4.96. The molecule has 0 fully saturated rings. The van der Waals surface area contributed by atoms with Gasteiger partial charge in [-0.25, -0.2) is 8.78 Å². The van der Waals surface area contributed by atoms with E-state index in [2.05, 4.69) is 4.98 Å². The number of esters is 1. The van der Waals surface area contributed by atoms with Gasteiger partial charge in [-0.1, -0.05) is 0 Å². The number of halogens is 2. The average Bonchev–Trinajstić information content (AvgIpc) is 2.30. The number of nitrogens with two attached hydrogens (primary N) is 1. The lowest BCUT2D eigenvalue weighted by atomic mass is 10.0. The third-order valence-corrected chi connectivity index (χ3v) is 2.33. The highest BCUT2D eigenvalue weighted by atomic mass is 19.3. The van der Waals surface area contributed by atoms with Crippen LogP contribution in [0.3, 0.4) is 0 Å². The topological polar surface area (TPSA) is 85.4 Å². The van der Waals surface area contributed by atoms with Gasteiger partial charge in [0.1, 0.15) is 5.75 Å². The Morgan fingerprint density at radius 2 is 2.28 bits per heavy atom. The van der Waals surface area contributed by atoms with Gasteiger partial charge in [-0.05, 0) is 6.92 Å². The quantitative estimate of drug-likeness (QED) is 0.779. The smallest absolute Gasteiger partial charge is 0.311 e. The van der Waals surface area contributed by atoms with Crippen molar-refractivity contribution in [2.75, 3.05) is 6.61 Å². The molecule has 0 aliphatic rings. The first-order valence-corrected chi connectivity index (χ1v) is 5.34. The van der Waals surface area contributed by atoms with Crippen molar-refractivity contribution in [3.05, 3.63) is 23.0 Å². The third-order valence-electron chi connectivity index (χ3n) is 2.33. The summed E-state index contributed by atoms with van der Waals surface area (Å²) < 4.78 is 30.3. The van der Waals surface area contributed by atoms with Crippen molar-refractivity contribution in [3.63, 3.8) is 0 Å². The number of alkyl halides is 2. The summed E-state index contributed by atoms with van der Waals surface area (Å²) in [6.45, 7) is 1.59. The van der Waals surface area contributed by atoms with E-state index >= 15 is 0 Å². The number of aromatic nitrogens is 1. The van der Waals surface area contributed by atoms with E-state index in [9.17, 15) is 18.7 Å². The van der Waals surface area contributed by atoms with E-state index < -0.39 is 23.7 Å². The predicted octanol–water partition coefficient (Wildman–Crippen LogP) is 1.29. The van der Waals surface area contributed by atoms with Crippen LogP contribution in [-0.4, -0.2) is 22.7 Å².